The Kier molecular flexibility index (Phi) is 4.70. The standard InChI is InChI=1S/C12H17BrN2S/c13-11-3-1-2-10(8-11)12(9-14)15-4-6-16-7-5-15/h1-3,8,12H,4-7,9,14H2. The van der Waals surface area contributed by atoms with Gasteiger partial charge in [0.25, 0.3) is 0 Å². The summed E-state index contributed by atoms with van der Waals surface area (Å²) in [5.74, 6) is 2.45. The smallest absolute Gasteiger partial charge is 0.0471 e. The molecular formula is C12H17BrN2S. The third-order valence-corrected chi connectivity index (χ3v) is 4.38. The van der Waals surface area contributed by atoms with E-state index >= 15 is 0 Å². The maximum atomic E-state index is 5.92. The van der Waals surface area contributed by atoms with Crippen LogP contribution in [0.1, 0.15) is 11.6 Å². The van der Waals surface area contributed by atoms with Crippen molar-refractivity contribution in [3.63, 3.8) is 0 Å². The van der Waals surface area contributed by atoms with Crippen LogP contribution in [0, 0.1) is 0 Å². The number of benzene rings is 1. The van der Waals surface area contributed by atoms with Gasteiger partial charge in [-0.25, -0.2) is 0 Å². The molecule has 1 saturated heterocycles. The Bertz CT molecular complexity index is 340. The van der Waals surface area contributed by atoms with Gasteiger partial charge >= 0.3 is 0 Å². The summed E-state index contributed by atoms with van der Waals surface area (Å²) in [5, 5.41) is 0. The first-order valence-electron chi connectivity index (χ1n) is 5.58. The molecule has 1 fully saturated rings. The largest absolute Gasteiger partial charge is 0.329 e. The molecule has 1 atom stereocenters. The quantitative estimate of drug-likeness (QED) is 0.930. The van der Waals surface area contributed by atoms with Gasteiger partial charge in [0.2, 0.25) is 0 Å². The number of hydrogen-bond acceptors (Lipinski definition) is 3. The van der Waals surface area contributed by atoms with Crippen LogP contribution >= 0.6 is 27.7 Å². The molecule has 0 amide bonds. The SMILES string of the molecule is NCC(c1cccc(Br)c1)N1CCSCC1. The fourth-order valence-electron chi connectivity index (χ4n) is 2.10. The molecule has 16 heavy (non-hydrogen) atoms. The van der Waals surface area contributed by atoms with Crippen molar-refractivity contribution in [2.75, 3.05) is 31.1 Å². The summed E-state index contributed by atoms with van der Waals surface area (Å²) in [6, 6.07) is 8.87. The molecule has 1 aliphatic heterocycles. The predicted molar refractivity (Wildman–Crippen MR) is 74.8 cm³/mol. The van der Waals surface area contributed by atoms with Gasteiger partial charge in [-0.05, 0) is 17.7 Å². The van der Waals surface area contributed by atoms with Crippen LogP contribution in [0.25, 0.3) is 0 Å². The van der Waals surface area contributed by atoms with Crippen LogP contribution in [0.4, 0.5) is 0 Å². The van der Waals surface area contributed by atoms with Gasteiger partial charge in [-0.2, -0.15) is 11.8 Å². The minimum absolute atomic E-state index is 0.374. The zero-order valence-corrected chi connectivity index (χ0v) is 11.6. The van der Waals surface area contributed by atoms with Crippen molar-refractivity contribution in [3.05, 3.63) is 34.3 Å². The van der Waals surface area contributed by atoms with Crippen LogP contribution in [0.15, 0.2) is 28.7 Å². The first kappa shape index (κ1) is 12.4. The van der Waals surface area contributed by atoms with Gasteiger partial charge in [0, 0.05) is 41.7 Å². The van der Waals surface area contributed by atoms with Crippen LogP contribution in [0.5, 0.6) is 0 Å². The lowest BCUT2D eigenvalue weighted by Gasteiger charge is -2.34. The zero-order chi connectivity index (χ0) is 11.4. The number of nitrogens with two attached hydrogens (primary N) is 1. The Morgan fingerprint density at radius 2 is 2.12 bits per heavy atom. The van der Waals surface area contributed by atoms with E-state index in [-0.39, 0.29) is 0 Å². The summed E-state index contributed by atoms with van der Waals surface area (Å²) in [4.78, 5) is 2.50. The third-order valence-electron chi connectivity index (χ3n) is 2.94. The molecule has 0 radical (unpaired) electrons. The number of nitrogens with zero attached hydrogens (tertiary/aromatic N) is 1. The minimum Gasteiger partial charge on any atom is -0.329 e. The molecule has 1 unspecified atom stereocenters. The van der Waals surface area contributed by atoms with Gasteiger partial charge in [-0.15, -0.1) is 0 Å². The molecule has 1 aliphatic rings. The van der Waals surface area contributed by atoms with E-state index in [1.54, 1.807) is 0 Å². The molecule has 0 saturated carbocycles. The van der Waals surface area contributed by atoms with E-state index in [9.17, 15) is 0 Å². The molecular weight excluding hydrogens is 284 g/mol. The maximum Gasteiger partial charge on any atom is 0.0471 e. The Morgan fingerprint density at radius 3 is 2.75 bits per heavy atom. The normalized spacial score (nSPS) is 19.6. The molecule has 0 aromatic heterocycles. The first-order valence-corrected chi connectivity index (χ1v) is 7.53. The Balaban J connectivity index is 2.14. The van der Waals surface area contributed by atoms with E-state index in [2.05, 4.69) is 45.1 Å². The van der Waals surface area contributed by atoms with Crippen LogP contribution < -0.4 is 5.73 Å². The molecule has 2 rings (SSSR count). The Hall–Kier alpha value is -0.0300. The van der Waals surface area contributed by atoms with E-state index in [1.165, 1.54) is 17.1 Å². The monoisotopic (exact) mass is 300 g/mol. The molecule has 88 valence electrons. The highest BCUT2D eigenvalue weighted by Crippen LogP contribution is 2.25. The molecule has 0 spiro atoms. The van der Waals surface area contributed by atoms with Crippen molar-refractivity contribution in [3.8, 4) is 0 Å². The lowest BCUT2D eigenvalue weighted by atomic mass is 10.1. The van der Waals surface area contributed by atoms with Crippen molar-refractivity contribution in [2.24, 2.45) is 5.73 Å². The van der Waals surface area contributed by atoms with Crippen molar-refractivity contribution >= 4 is 27.7 Å². The molecule has 2 nitrogen and oxygen atoms in total. The topological polar surface area (TPSA) is 29.3 Å². The van der Waals surface area contributed by atoms with Gasteiger partial charge in [0.1, 0.15) is 0 Å². The minimum atomic E-state index is 0.374. The van der Waals surface area contributed by atoms with Gasteiger partial charge in [0.15, 0.2) is 0 Å². The summed E-state index contributed by atoms with van der Waals surface area (Å²) in [5.41, 5.74) is 7.24. The average Bonchev–Trinajstić information content (AvgIpc) is 2.31. The third kappa shape index (κ3) is 3.00. The molecule has 1 aromatic carbocycles. The highest BCUT2D eigenvalue weighted by atomic mass is 79.9. The summed E-state index contributed by atoms with van der Waals surface area (Å²) >= 11 is 5.55. The maximum absolute atomic E-state index is 5.92. The fourth-order valence-corrected chi connectivity index (χ4v) is 3.45. The molecule has 2 N–H and O–H groups in total. The van der Waals surface area contributed by atoms with E-state index < -0.39 is 0 Å². The van der Waals surface area contributed by atoms with E-state index in [0.717, 1.165) is 17.6 Å². The van der Waals surface area contributed by atoms with Crippen molar-refractivity contribution < 1.29 is 0 Å². The summed E-state index contributed by atoms with van der Waals surface area (Å²) in [7, 11) is 0. The fraction of sp³-hybridized carbons (Fsp3) is 0.500. The number of rotatable bonds is 3. The lowest BCUT2D eigenvalue weighted by molar-refractivity contribution is 0.223. The van der Waals surface area contributed by atoms with Gasteiger partial charge in [0.05, 0.1) is 0 Å². The van der Waals surface area contributed by atoms with Crippen LogP contribution in [0.2, 0.25) is 0 Å². The second-order valence-corrected chi connectivity index (χ2v) is 6.10. The van der Waals surface area contributed by atoms with Crippen LogP contribution in [-0.2, 0) is 0 Å². The van der Waals surface area contributed by atoms with Gasteiger partial charge < -0.3 is 5.73 Å². The van der Waals surface area contributed by atoms with Crippen molar-refractivity contribution in [2.45, 2.75) is 6.04 Å². The number of halogens is 1. The van der Waals surface area contributed by atoms with Crippen molar-refractivity contribution in [1.29, 1.82) is 0 Å². The first-order chi connectivity index (χ1) is 7.81. The van der Waals surface area contributed by atoms with E-state index in [0.29, 0.717) is 12.6 Å². The highest BCUT2D eigenvalue weighted by molar-refractivity contribution is 9.10. The number of thioether (sulfide) groups is 1. The predicted octanol–water partition coefficient (Wildman–Crippen LogP) is 2.50. The molecule has 0 aliphatic carbocycles. The Labute approximate surface area is 110 Å². The van der Waals surface area contributed by atoms with Gasteiger partial charge in [-0.3, -0.25) is 4.90 Å². The summed E-state index contributed by atoms with van der Waals surface area (Å²) in [6.07, 6.45) is 0. The van der Waals surface area contributed by atoms with E-state index in [4.69, 9.17) is 5.73 Å². The van der Waals surface area contributed by atoms with Crippen molar-refractivity contribution in [1.82, 2.24) is 4.90 Å². The van der Waals surface area contributed by atoms with Gasteiger partial charge in [-0.1, -0.05) is 28.1 Å². The average molecular weight is 301 g/mol. The zero-order valence-electron chi connectivity index (χ0n) is 9.23. The van der Waals surface area contributed by atoms with E-state index in [1.807, 2.05) is 11.8 Å². The summed E-state index contributed by atoms with van der Waals surface area (Å²) in [6.45, 7) is 3.00. The lowest BCUT2D eigenvalue weighted by Crippen LogP contribution is -2.39. The molecule has 1 aromatic rings. The van der Waals surface area contributed by atoms with Crippen LogP contribution in [-0.4, -0.2) is 36.0 Å². The second-order valence-electron chi connectivity index (χ2n) is 3.95. The summed E-state index contributed by atoms with van der Waals surface area (Å²) < 4.78 is 1.13. The Morgan fingerprint density at radius 1 is 1.38 bits per heavy atom. The second kappa shape index (κ2) is 6.05. The highest BCUT2D eigenvalue weighted by Gasteiger charge is 2.20. The molecule has 4 heteroatoms. The van der Waals surface area contributed by atoms with Crippen LogP contribution in [0.3, 0.4) is 0 Å². The molecule has 0 bridgehead atoms. The number of hydrogen-bond donors (Lipinski definition) is 1. The molecule has 1 heterocycles.